The van der Waals surface area contributed by atoms with Gasteiger partial charge in [0, 0.05) is 25.1 Å². The third-order valence-corrected chi connectivity index (χ3v) is 4.26. The van der Waals surface area contributed by atoms with E-state index in [0.717, 1.165) is 43.1 Å². The predicted molar refractivity (Wildman–Crippen MR) is 86.7 cm³/mol. The topological polar surface area (TPSA) is 47.0 Å². The Labute approximate surface area is 128 Å². The molecule has 0 aromatic carbocycles. The zero-order valence-electron chi connectivity index (χ0n) is 14.1. The molecular weight excluding hydrogens is 262 g/mol. The molecule has 0 radical (unpaired) electrons. The Morgan fingerprint density at radius 3 is 2.43 bits per heavy atom. The van der Waals surface area contributed by atoms with Crippen LogP contribution in [0.2, 0.25) is 0 Å². The summed E-state index contributed by atoms with van der Waals surface area (Å²) in [6.07, 6.45) is 5.50. The molecule has 4 heteroatoms. The van der Waals surface area contributed by atoms with Gasteiger partial charge in [0.2, 0.25) is 0 Å². The molecule has 0 saturated heterocycles. The number of nitrogens with one attached hydrogen (secondary N) is 1. The molecule has 2 rings (SSSR count). The molecule has 118 valence electrons. The highest BCUT2D eigenvalue weighted by Crippen LogP contribution is 2.41. The zero-order chi connectivity index (χ0) is 15.5. The summed E-state index contributed by atoms with van der Waals surface area (Å²) in [7, 11) is 1.79. The number of ether oxygens (including phenoxy) is 1. The molecule has 0 aliphatic heterocycles. The van der Waals surface area contributed by atoms with E-state index >= 15 is 0 Å². The van der Waals surface area contributed by atoms with E-state index in [1.165, 1.54) is 12.8 Å². The lowest BCUT2D eigenvalue weighted by Gasteiger charge is -2.28. The molecule has 1 saturated carbocycles. The maximum atomic E-state index is 5.86. The SMILES string of the molecule is CCCNc1cc(C(C)(C)C)nc(C2(OC)CCCC2)n1. The van der Waals surface area contributed by atoms with Crippen LogP contribution in [0.5, 0.6) is 0 Å². The average Bonchev–Trinajstić information content (AvgIpc) is 2.94. The summed E-state index contributed by atoms with van der Waals surface area (Å²) in [4.78, 5) is 9.62. The number of aromatic nitrogens is 2. The van der Waals surface area contributed by atoms with Crippen LogP contribution in [0.4, 0.5) is 5.82 Å². The Kier molecular flexibility index (Phi) is 4.87. The standard InChI is InChI=1S/C17H29N3O/c1-6-11-18-14-12-13(16(2,3)4)19-15(20-14)17(21-5)9-7-8-10-17/h12H,6-11H2,1-5H3,(H,18,19,20). The molecule has 1 heterocycles. The van der Waals surface area contributed by atoms with Crippen molar-refractivity contribution in [2.24, 2.45) is 0 Å². The van der Waals surface area contributed by atoms with Crippen molar-refractivity contribution >= 4 is 5.82 Å². The lowest BCUT2D eigenvalue weighted by atomic mass is 9.91. The van der Waals surface area contributed by atoms with E-state index in [9.17, 15) is 0 Å². The maximum Gasteiger partial charge on any atom is 0.162 e. The third-order valence-electron chi connectivity index (χ3n) is 4.26. The molecule has 0 amide bonds. The fourth-order valence-electron chi connectivity index (χ4n) is 2.84. The lowest BCUT2D eigenvalue weighted by Crippen LogP contribution is -2.29. The number of methoxy groups -OCH3 is 1. The Morgan fingerprint density at radius 1 is 1.24 bits per heavy atom. The van der Waals surface area contributed by atoms with Gasteiger partial charge in [-0.3, -0.25) is 0 Å². The van der Waals surface area contributed by atoms with Crippen molar-refractivity contribution in [3.63, 3.8) is 0 Å². The van der Waals surface area contributed by atoms with E-state index in [-0.39, 0.29) is 11.0 Å². The van der Waals surface area contributed by atoms with E-state index in [4.69, 9.17) is 14.7 Å². The summed E-state index contributed by atoms with van der Waals surface area (Å²) in [6, 6.07) is 2.08. The van der Waals surface area contributed by atoms with Crippen molar-refractivity contribution in [1.29, 1.82) is 0 Å². The minimum atomic E-state index is -0.288. The first-order valence-electron chi connectivity index (χ1n) is 8.10. The lowest BCUT2D eigenvalue weighted by molar-refractivity contribution is -0.0164. The van der Waals surface area contributed by atoms with Gasteiger partial charge in [-0.15, -0.1) is 0 Å². The smallest absolute Gasteiger partial charge is 0.162 e. The van der Waals surface area contributed by atoms with Gasteiger partial charge in [-0.05, 0) is 32.1 Å². The zero-order valence-corrected chi connectivity index (χ0v) is 14.1. The highest BCUT2D eigenvalue weighted by atomic mass is 16.5. The molecule has 1 fully saturated rings. The highest BCUT2D eigenvalue weighted by molar-refractivity contribution is 5.39. The van der Waals surface area contributed by atoms with Gasteiger partial charge < -0.3 is 10.1 Å². The molecular formula is C17H29N3O. The first kappa shape index (κ1) is 16.2. The van der Waals surface area contributed by atoms with Crippen molar-refractivity contribution in [2.75, 3.05) is 19.0 Å². The number of rotatable bonds is 5. The third kappa shape index (κ3) is 3.54. The molecule has 1 aliphatic rings. The van der Waals surface area contributed by atoms with E-state index < -0.39 is 0 Å². The van der Waals surface area contributed by atoms with Crippen molar-refractivity contribution in [2.45, 2.75) is 70.8 Å². The van der Waals surface area contributed by atoms with Crippen LogP contribution in [0.25, 0.3) is 0 Å². The van der Waals surface area contributed by atoms with Crippen molar-refractivity contribution in [3.05, 3.63) is 17.6 Å². The quantitative estimate of drug-likeness (QED) is 0.890. The minimum Gasteiger partial charge on any atom is -0.370 e. The summed E-state index contributed by atoms with van der Waals surface area (Å²) in [5.74, 6) is 1.78. The molecule has 0 unspecified atom stereocenters. The number of hydrogen-bond donors (Lipinski definition) is 1. The number of hydrogen-bond acceptors (Lipinski definition) is 4. The Bertz CT molecular complexity index is 473. The van der Waals surface area contributed by atoms with E-state index in [2.05, 4.69) is 39.1 Å². The molecule has 0 bridgehead atoms. The maximum absolute atomic E-state index is 5.86. The molecule has 0 atom stereocenters. The van der Waals surface area contributed by atoms with Crippen molar-refractivity contribution in [1.82, 2.24) is 9.97 Å². The average molecular weight is 291 g/mol. The molecule has 1 aromatic heterocycles. The van der Waals surface area contributed by atoms with E-state index in [1.54, 1.807) is 7.11 Å². The van der Waals surface area contributed by atoms with E-state index in [0.29, 0.717) is 0 Å². The summed E-state index contributed by atoms with van der Waals surface area (Å²) in [5, 5.41) is 3.41. The first-order chi connectivity index (χ1) is 9.91. The number of nitrogens with zero attached hydrogens (tertiary/aromatic N) is 2. The molecule has 0 spiro atoms. The Morgan fingerprint density at radius 2 is 1.90 bits per heavy atom. The second kappa shape index (κ2) is 6.30. The second-order valence-corrected chi connectivity index (χ2v) is 7.04. The van der Waals surface area contributed by atoms with Gasteiger partial charge in [-0.1, -0.05) is 27.7 Å². The van der Waals surface area contributed by atoms with Crippen LogP contribution in [0.1, 0.15) is 71.3 Å². The fourth-order valence-corrected chi connectivity index (χ4v) is 2.84. The monoisotopic (exact) mass is 291 g/mol. The van der Waals surface area contributed by atoms with Gasteiger partial charge in [-0.2, -0.15) is 0 Å². The van der Waals surface area contributed by atoms with Crippen LogP contribution < -0.4 is 5.32 Å². The predicted octanol–water partition coefficient (Wildman–Crippen LogP) is 4.01. The van der Waals surface area contributed by atoms with Gasteiger partial charge in [0.1, 0.15) is 11.4 Å². The molecule has 1 aromatic rings. The number of anilines is 1. The van der Waals surface area contributed by atoms with Gasteiger partial charge in [-0.25, -0.2) is 9.97 Å². The van der Waals surface area contributed by atoms with Crippen LogP contribution in [0, 0.1) is 0 Å². The molecule has 21 heavy (non-hydrogen) atoms. The summed E-state index contributed by atoms with van der Waals surface area (Å²) in [6.45, 7) is 9.66. The molecule has 1 N–H and O–H groups in total. The van der Waals surface area contributed by atoms with Gasteiger partial charge in [0.15, 0.2) is 5.82 Å². The Balaban J connectivity index is 2.44. The Hall–Kier alpha value is -1.16. The van der Waals surface area contributed by atoms with E-state index in [1.807, 2.05) is 0 Å². The second-order valence-electron chi connectivity index (χ2n) is 7.04. The minimum absolute atomic E-state index is 0.00781. The van der Waals surface area contributed by atoms with Crippen LogP contribution >= 0.6 is 0 Å². The highest BCUT2D eigenvalue weighted by Gasteiger charge is 2.39. The summed E-state index contributed by atoms with van der Waals surface area (Å²) < 4.78 is 5.86. The summed E-state index contributed by atoms with van der Waals surface area (Å²) in [5.41, 5.74) is 0.798. The van der Waals surface area contributed by atoms with Crippen LogP contribution in [-0.2, 0) is 15.8 Å². The van der Waals surface area contributed by atoms with Crippen molar-refractivity contribution in [3.8, 4) is 0 Å². The normalized spacial score (nSPS) is 18.0. The van der Waals surface area contributed by atoms with Gasteiger partial charge in [0.25, 0.3) is 0 Å². The van der Waals surface area contributed by atoms with Crippen LogP contribution in [-0.4, -0.2) is 23.6 Å². The largest absolute Gasteiger partial charge is 0.370 e. The van der Waals surface area contributed by atoms with Crippen molar-refractivity contribution < 1.29 is 4.74 Å². The molecule has 4 nitrogen and oxygen atoms in total. The molecule has 1 aliphatic carbocycles. The summed E-state index contributed by atoms with van der Waals surface area (Å²) >= 11 is 0. The fraction of sp³-hybridized carbons (Fsp3) is 0.765. The van der Waals surface area contributed by atoms with Gasteiger partial charge in [0.05, 0.1) is 5.69 Å². The van der Waals surface area contributed by atoms with Gasteiger partial charge >= 0.3 is 0 Å². The first-order valence-corrected chi connectivity index (χ1v) is 8.10. The van der Waals surface area contributed by atoms with Crippen LogP contribution in [0.15, 0.2) is 6.07 Å². The van der Waals surface area contributed by atoms with Crippen LogP contribution in [0.3, 0.4) is 0 Å².